The number of hydrogen-bond donors (Lipinski definition) is 0. The average Bonchev–Trinajstić information content (AvgIpc) is 2.90. The van der Waals surface area contributed by atoms with Crippen molar-refractivity contribution in [3.63, 3.8) is 0 Å². The van der Waals surface area contributed by atoms with E-state index in [1.165, 1.54) is 16.3 Å². The van der Waals surface area contributed by atoms with Gasteiger partial charge in [0, 0.05) is 44.4 Å². The Balaban J connectivity index is 1.20. The third-order valence-electron chi connectivity index (χ3n) is 6.40. The highest BCUT2D eigenvalue weighted by molar-refractivity contribution is 5.86. The highest BCUT2D eigenvalue weighted by Crippen LogP contribution is 2.22. The summed E-state index contributed by atoms with van der Waals surface area (Å²) >= 11 is 0. The van der Waals surface area contributed by atoms with Crippen LogP contribution >= 0.6 is 0 Å². The van der Waals surface area contributed by atoms with Crippen molar-refractivity contribution >= 4 is 22.8 Å². The minimum absolute atomic E-state index is 0.0475. The third-order valence-corrected chi connectivity index (χ3v) is 6.40. The van der Waals surface area contributed by atoms with E-state index in [9.17, 15) is 9.59 Å². The van der Waals surface area contributed by atoms with Crippen LogP contribution < -0.4 is 5.56 Å². The van der Waals surface area contributed by atoms with Gasteiger partial charge in [-0.3, -0.25) is 14.5 Å². The summed E-state index contributed by atoms with van der Waals surface area (Å²) in [5.74, 6) is -0.0743. The maximum Gasteiger partial charge on any atom is 0.267 e. The Morgan fingerprint density at radius 2 is 1.57 bits per heavy atom. The fourth-order valence-electron chi connectivity index (χ4n) is 4.37. The Kier molecular flexibility index (Phi) is 6.82. The van der Waals surface area contributed by atoms with Crippen LogP contribution in [-0.2, 0) is 11.3 Å². The molecule has 2 heterocycles. The zero-order valence-electron chi connectivity index (χ0n) is 19.6. The first kappa shape index (κ1) is 22.7. The predicted molar refractivity (Wildman–Crippen MR) is 140 cm³/mol. The average molecular weight is 465 g/mol. The summed E-state index contributed by atoms with van der Waals surface area (Å²) in [6.07, 6.45) is 4.28. The van der Waals surface area contributed by atoms with Gasteiger partial charge in [0.05, 0.1) is 5.69 Å². The molecule has 35 heavy (non-hydrogen) atoms. The predicted octanol–water partition coefficient (Wildman–Crippen LogP) is 3.92. The SMILES string of the molecule is O=C(Cn1nc(-c2ccc3ccccc3c2)ccc1=O)N1CCN(C/C=C/c2ccccc2)CC1. The van der Waals surface area contributed by atoms with Gasteiger partial charge in [-0.25, -0.2) is 4.68 Å². The third kappa shape index (κ3) is 5.55. The number of aromatic nitrogens is 2. The summed E-state index contributed by atoms with van der Waals surface area (Å²) < 4.78 is 1.28. The lowest BCUT2D eigenvalue weighted by molar-refractivity contribution is -0.133. The Labute approximate surface area is 204 Å². The van der Waals surface area contributed by atoms with Crippen molar-refractivity contribution in [1.29, 1.82) is 0 Å². The second-order valence-electron chi connectivity index (χ2n) is 8.77. The van der Waals surface area contributed by atoms with Crippen LogP contribution in [-0.4, -0.2) is 58.2 Å². The van der Waals surface area contributed by atoms with Gasteiger partial charge in [-0.15, -0.1) is 0 Å². The van der Waals surface area contributed by atoms with Gasteiger partial charge in [0.25, 0.3) is 5.56 Å². The molecule has 1 aliphatic rings. The molecule has 1 aliphatic heterocycles. The van der Waals surface area contributed by atoms with E-state index in [2.05, 4.69) is 52.5 Å². The minimum Gasteiger partial charge on any atom is -0.339 e. The molecule has 3 aromatic carbocycles. The summed E-state index contributed by atoms with van der Waals surface area (Å²) in [5, 5.41) is 6.76. The monoisotopic (exact) mass is 464 g/mol. The van der Waals surface area contributed by atoms with Crippen LogP contribution in [0.3, 0.4) is 0 Å². The molecular formula is C29H28N4O2. The standard InChI is InChI=1S/C29H28N4O2/c34-28-15-14-27(26-13-12-24-10-4-5-11-25(24)21-26)30-33(28)22-29(35)32-19-17-31(18-20-32)16-6-9-23-7-2-1-3-8-23/h1-15,21H,16-20,22H2/b9-6+. The number of hydrogen-bond acceptors (Lipinski definition) is 4. The largest absolute Gasteiger partial charge is 0.339 e. The number of fused-ring (bicyclic) bond motifs is 1. The molecule has 1 saturated heterocycles. The van der Waals surface area contributed by atoms with Crippen molar-refractivity contribution in [3.05, 3.63) is 107 Å². The first-order chi connectivity index (χ1) is 17.2. The maximum atomic E-state index is 12.9. The maximum absolute atomic E-state index is 12.9. The van der Waals surface area contributed by atoms with Gasteiger partial charge in [0.15, 0.2) is 0 Å². The van der Waals surface area contributed by atoms with Gasteiger partial charge >= 0.3 is 0 Å². The van der Waals surface area contributed by atoms with Crippen LogP contribution in [0.1, 0.15) is 5.56 Å². The molecule has 1 amide bonds. The van der Waals surface area contributed by atoms with Crippen molar-refractivity contribution in [1.82, 2.24) is 19.6 Å². The summed E-state index contributed by atoms with van der Waals surface area (Å²) in [6, 6.07) is 27.6. The number of carbonyl (C=O) groups excluding carboxylic acids is 1. The number of benzene rings is 3. The molecule has 1 aromatic heterocycles. The molecule has 0 N–H and O–H groups in total. The molecule has 0 atom stereocenters. The normalized spacial score (nSPS) is 14.6. The first-order valence-electron chi connectivity index (χ1n) is 11.9. The Morgan fingerprint density at radius 3 is 2.37 bits per heavy atom. The molecule has 176 valence electrons. The Hall–Kier alpha value is -4.03. The molecular weight excluding hydrogens is 436 g/mol. The van der Waals surface area contributed by atoms with Crippen LogP contribution in [0.4, 0.5) is 0 Å². The molecule has 1 fully saturated rings. The highest BCUT2D eigenvalue weighted by atomic mass is 16.2. The smallest absolute Gasteiger partial charge is 0.267 e. The highest BCUT2D eigenvalue weighted by Gasteiger charge is 2.21. The van der Waals surface area contributed by atoms with Gasteiger partial charge in [0.1, 0.15) is 6.54 Å². The second-order valence-corrected chi connectivity index (χ2v) is 8.77. The van der Waals surface area contributed by atoms with E-state index < -0.39 is 0 Å². The fraction of sp³-hybridized carbons (Fsp3) is 0.207. The van der Waals surface area contributed by atoms with Gasteiger partial charge in [-0.1, -0.05) is 78.9 Å². The van der Waals surface area contributed by atoms with Crippen LogP contribution in [0, 0.1) is 0 Å². The van der Waals surface area contributed by atoms with Crippen LogP contribution in [0.2, 0.25) is 0 Å². The molecule has 0 spiro atoms. The van der Waals surface area contributed by atoms with Gasteiger partial charge in [-0.2, -0.15) is 5.10 Å². The van der Waals surface area contributed by atoms with Gasteiger partial charge in [-0.05, 0) is 28.5 Å². The molecule has 4 aromatic rings. The molecule has 0 radical (unpaired) electrons. The summed E-state index contributed by atoms with van der Waals surface area (Å²) in [7, 11) is 0. The molecule has 6 nitrogen and oxygen atoms in total. The van der Waals surface area contributed by atoms with Crippen LogP contribution in [0.5, 0.6) is 0 Å². The number of carbonyl (C=O) groups is 1. The van der Waals surface area contributed by atoms with E-state index in [-0.39, 0.29) is 18.0 Å². The molecule has 0 unspecified atom stereocenters. The van der Waals surface area contributed by atoms with Crippen molar-refractivity contribution in [2.75, 3.05) is 32.7 Å². The van der Waals surface area contributed by atoms with Crippen molar-refractivity contribution in [3.8, 4) is 11.3 Å². The molecule has 0 aliphatic carbocycles. The summed E-state index contributed by atoms with van der Waals surface area (Å²) in [6.45, 7) is 3.73. The van der Waals surface area contributed by atoms with E-state index >= 15 is 0 Å². The summed E-state index contributed by atoms with van der Waals surface area (Å²) in [4.78, 5) is 29.5. The van der Waals surface area contributed by atoms with E-state index in [1.54, 1.807) is 6.07 Å². The number of nitrogens with zero attached hydrogens (tertiary/aromatic N) is 4. The molecule has 0 bridgehead atoms. The lowest BCUT2D eigenvalue weighted by Gasteiger charge is -2.34. The zero-order chi connectivity index (χ0) is 24.0. The van der Waals surface area contributed by atoms with Gasteiger partial charge < -0.3 is 4.90 Å². The quantitative estimate of drug-likeness (QED) is 0.434. The first-order valence-corrected chi connectivity index (χ1v) is 11.9. The van der Waals surface area contributed by atoms with Crippen molar-refractivity contribution in [2.24, 2.45) is 0 Å². The zero-order valence-corrected chi connectivity index (χ0v) is 19.6. The lowest BCUT2D eigenvalue weighted by atomic mass is 10.1. The number of piperazine rings is 1. The molecule has 5 rings (SSSR count). The topological polar surface area (TPSA) is 58.4 Å². The van der Waals surface area contributed by atoms with Crippen molar-refractivity contribution < 1.29 is 4.79 Å². The van der Waals surface area contributed by atoms with E-state index in [0.29, 0.717) is 18.8 Å². The summed E-state index contributed by atoms with van der Waals surface area (Å²) in [5.41, 5.74) is 2.51. The van der Waals surface area contributed by atoms with Crippen molar-refractivity contribution in [2.45, 2.75) is 6.54 Å². The number of amides is 1. The van der Waals surface area contributed by atoms with Gasteiger partial charge in [0.2, 0.25) is 5.91 Å². The fourth-order valence-corrected chi connectivity index (χ4v) is 4.37. The Morgan fingerprint density at radius 1 is 0.829 bits per heavy atom. The van der Waals surface area contributed by atoms with E-state index in [1.807, 2.05) is 47.4 Å². The van der Waals surface area contributed by atoms with Crippen LogP contribution in [0.25, 0.3) is 28.1 Å². The Bertz CT molecular complexity index is 1400. The van der Waals surface area contributed by atoms with Crippen LogP contribution in [0.15, 0.2) is 95.8 Å². The minimum atomic E-state index is -0.271. The molecule has 0 saturated carbocycles. The second kappa shape index (κ2) is 10.5. The lowest BCUT2D eigenvalue weighted by Crippen LogP contribution is -2.50. The number of rotatable bonds is 6. The van der Waals surface area contributed by atoms with E-state index in [4.69, 9.17) is 0 Å². The van der Waals surface area contributed by atoms with E-state index in [0.717, 1.165) is 36.0 Å². The molecule has 6 heteroatoms.